The molecule has 0 bridgehead atoms. The Hall–Kier alpha value is -0.420. The van der Waals surface area contributed by atoms with E-state index >= 15 is 0 Å². The van der Waals surface area contributed by atoms with E-state index < -0.39 is 0 Å². The minimum absolute atomic E-state index is 0.0550. The van der Waals surface area contributed by atoms with Gasteiger partial charge in [0.25, 0.3) is 0 Å². The molecule has 0 aliphatic carbocycles. The van der Waals surface area contributed by atoms with Crippen LogP contribution in [0.2, 0.25) is 10.0 Å². The average Bonchev–Trinajstić information content (AvgIpc) is 2.74. The van der Waals surface area contributed by atoms with Crippen LogP contribution in [-0.2, 0) is 4.79 Å². The second-order valence-electron chi connectivity index (χ2n) is 5.08. The molecule has 6 heteroatoms. The van der Waals surface area contributed by atoms with E-state index in [1.165, 1.54) is 0 Å². The van der Waals surface area contributed by atoms with Gasteiger partial charge in [0, 0.05) is 6.54 Å². The normalized spacial score (nSPS) is 19.1. The summed E-state index contributed by atoms with van der Waals surface area (Å²) in [4.78, 5) is 16.1. The Morgan fingerprint density at radius 3 is 2.75 bits per heavy atom. The van der Waals surface area contributed by atoms with Crippen LogP contribution in [0.3, 0.4) is 0 Å². The molecule has 110 valence electrons. The van der Waals surface area contributed by atoms with Crippen LogP contribution in [0, 0.1) is 0 Å². The van der Waals surface area contributed by atoms with Crippen molar-refractivity contribution in [3.8, 4) is 0 Å². The number of hydrogen-bond donors (Lipinski definition) is 0. The summed E-state index contributed by atoms with van der Waals surface area (Å²) in [6.07, 6.45) is 0.969. The molecule has 1 aromatic rings. The topological polar surface area (TPSA) is 23.6 Å². The van der Waals surface area contributed by atoms with Crippen molar-refractivity contribution in [3.05, 3.63) is 33.8 Å². The number of amides is 1. The minimum Gasteiger partial charge on any atom is -0.326 e. The summed E-state index contributed by atoms with van der Waals surface area (Å²) in [5.41, 5.74) is 1.04. The van der Waals surface area contributed by atoms with Crippen LogP contribution in [0.15, 0.2) is 18.2 Å². The Morgan fingerprint density at radius 1 is 1.35 bits per heavy atom. The maximum absolute atomic E-state index is 12.0. The molecule has 3 nitrogen and oxygen atoms in total. The third-order valence-corrected chi connectivity index (χ3v) is 5.20. The zero-order valence-corrected chi connectivity index (χ0v) is 13.9. The maximum Gasteiger partial charge on any atom is 0.233 e. The standard InChI is InChI=1S/C14H18Cl2N2OS/c1-17(2)6-3-7-18-13(19)9-20-14(18)10-4-5-11(15)12(16)8-10/h4-5,8,14H,3,6-7,9H2,1-2H3/t14-/m1/s1. The Bertz CT molecular complexity index is 496. The summed E-state index contributed by atoms with van der Waals surface area (Å²) in [5.74, 6) is 0.734. The first kappa shape index (κ1) is 16.0. The Labute approximate surface area is 134 Å². The third-order valence-electron chi connectivity index (χ3n) is 3.20. The van der Waals surface area contributed by atoms with Gasteiger partial charge in [0.2, 0.25) is 5.91 Å². The van der Waals surface area contributed by atoms with E-state index in [2.05, 4.69) is 4.90 Å². The third kappa shape index (κ3) is 3.82. The lowest BCUT2D eigenvalue weighted by molar-refractivity contribution is -0.128. The molecule has 1 aliphatic rings. The molecule has 1 atom stereocenters. The van der Waals surface area contributed by atoms with Gasteiger partial charge in [0.15, 0.2) is 0 Å². The first-order valence-electron chi connectivity index (χ1n) is 6.50. The van der Waals surface area contributed by atoms with Crippen molar-refractivity contribution in [2.45, 2.75) is 11.8 Å². The highest BCUT2D eigenvalue weighted by Gasteiger charge is 2.32. The van der Waals surface area contributed by atoms with Crippen LogP contribution in [0.25, 0.3) is 0 Å². The number of carbonyl (C=O) groups excluding carboxylic acids is 1. The van der Waals surface area contributed by atoms with Gasteiger partial charge in [-0.05, 0) is 44.8 Å². The second-order valence-corrected chi connectivity index (χ2v) is 6.96. The van der Waals surface area contributed by atoms with E-state index in [9.17, 15) is 4.79 Å². The first-order valence-corrected chi connectivity index (χ1v) is 8.30. The fraction of sp³-hybridized carbons (Fsp3) is 0.500. The van der Waals surface area contributed by atoms with Crippen molar-refractivity contribution in [3.63, 3.8) is 0 Å². The van der Waals surface area contributed by atoms with Crippen LogP contribution < -0.4 is 0 Å². The van der Waals surface area contributed by atoms with Gasteiger partial charge < -0.3 is 9.80 Å². The molecular weight excluding hydrogens is 315 g/mol. The van der Waals surface area contributed by atoms with Crippen LogP contribution in [-0.4, -0.2) is 48.6 Å². The summed E-state index contributed by atoms with van der Waals surface area (Å²) in [6, 6.07) is 5.60. The summed E-state index contributed by atoms with van der Waals surface area (Å²) in [6.45, 7) is 1.75. The zero-order valence-electron chi connectivity index (χ0n) is 11.6. The van der Waals surface area contributed by atoms with E-state index in [4.69, 9.17) is 23.2 Å². The summed E-state index contributed by atoms with van der Waals surface area (Å²) >= 11 is 13.7. The quantitative estimate of drug-likeness (QED) is 0.824. The number of benzene rings is 1. The summed E-state index contributed by atoms with van der Waals surface area (Å²) in [7, 11) is 4.08. The lowest BCUT2D eigenvalue weighted by Crippen LogP contribution is -2.31. The lowest BCUT2D eigenvalue weighted by Gasteiger charge is -2.25. The van der Waals surface area contributed by atoms with Crippen LogP contribution in [0.5, 0.6) is 0 Å². The summed E-state index contributed by atoms with van der Waals surface area (Å²) in [5, 5.41) is 1.14. The highest BCUT2D eigenvalue weighted by atomic mass is 35.5. The fourth-order valence-electron chi connectivity index (χ4n) is 2.20. The highest BCUT2D eigenvalue weighted by molar-refractivity contribution is 8.00. The molecule has 0 radical (unpaired) electrons. The molecule has 1 aliphatic heterocycles. The van der Waals surface area contributed by atoms with Gasteiger partial charge >= 0.3 is 0 Å². The Balaban J connectivity index is 2.08. The molecule has 1 saturated heterocycles. The van der Waals surface area contributed by atoms with E-state index in [1.54, 1.807) is 17.8 Å². The number of thioether (sulfide) groups is 1. The molecule has 0 saturated carbocycles. The van der Waals surface area contributed by atoms with Crippen LogP contribution in [0.1, 0.15) is 17.4 Å². The molecule has 0 unspecified atom stereocenters. The largest absolute Gasteiger partial charge is 0.326 e. The van der Waals surface area contributed by atoms with Gasteiger partial charge in [-0.1, -0.05) is 29.3 Å². The van der Waals surface area contributed by atoms with Gasteiger partial charge in [-0.3, -0.25) is 4.79 Å². The lowest BCUT2D eigenvalue weighted by atomic mass is 10.2. The first-order chi connectivity index (χ1) is 9.49. The van der Waals surface area contributed by atoms with Crippen molar-refractivity contribution >= 4 is 40.9 Å². The Kier molecular flexibility index (Phi) is 5.61. The van der Waals surface area contributed by atoms with Crippen molar-refractivity contribution in [1.29, 1.82) is 0 Å². The number of halogens is 2. The second kappa shape index (κ2) is 7.03. The molecule has 1 fully saturated rings. The number of nitrogens with zero attached hydrogens (tertiary/aromatic N) is 2. The molecule has 0 N–H and O–H groups in total. The molecule has 1 aromatic carbocycles. The van der Waals surface area contributed by atoms with E-state index in [1.807, 2.05) is 31.1 Å². The van der Waals surface area contributed by atoms with Gasteiger partial charge in [0.1, 0.15) is 5.37 Å². The van der Waals surface area contributed by atoms with E-state index in [0.29, 0.717) is 15.8 Å². The van der Waals surface area contributed by atoms with Crippen molar-refractivity contribution < 1.29 is 4.79 Å². The molecule has 20 heavy (non-hydrogen) atoms. The Morgan fingerprint density at radius 2 is 2.10 bits per heavy atom. The van der Waals surface area contributed by atoms with Gasteiger partial charge in [-0.2, -0.15) is 0 Å². The minimum atomic E-state index is 0.0550. The molecule has 0 spiro atoms. The molecule has 1 heterocycles. The zero-order chi connectivity index (χ0) is 14.7. The van der Waals surface area contributed by atoms with Gasteiger partial charge in [-0.25, -0.2) is 0 Å². The van der Waals surface area contributed by atoms with Crippen LogP contribution >= 0.6 is 35.0 Å². The smallest absolute Gasteiger partial charge is 0.233 e. The summed E-state index contributed by atoms with van der Waals surface area (Å²) < 4.78 is 0. The molecule has 1 amide bonds. The number of carbonyl (C=O) groups is 1. The SMILES string of the molecule is CN(C)CCCN1C(=O)CS[C@@H]1c1ccc(Cl)c(Cl)c1. The molecule has 2 rings (SSSR count). The predicted octanol–water partition coefficient (Wildman–Crippen LogP) is 3.52. The number of rotatable bonds is 5. The number of hydrogen-bond acceptors (Lipinski definition) is 3. The van der Waals surface area contributed by atoms with Gasteiger partial charge in [-0.15, -0.1) is 11.8 Å². The van der Waals surface area contributed by atoms with Gasteiger partial charge in [0.05, 0.1) is 15.8 Å². The maximum atomic E-state index is 12.0. The highest BCUT2D eigenvalue weighted by Crippen LogP contribution is 2.40. The van der Waals surface area contributed by atoms with E-state index in [0.717, 1.165) is 25.1 Å². The van der Waals surface area contributed by atoms with Crippen molar-refractivity contribution in [2.24, 2.45) is 0 Å². The average molecular weight is 333 g/mol. The molecular formula is C14H18Cl2N2OS. The predicted molar refractivity (Wildman–Crippen MR) is 86.5 cm³/mol. The van der Waals surface area contributed by atoms with E-state index in [-0.39, 0.29) is 11.3 Å². The van der Waals surface area contributed by atoms with Crippen molar-refractivity contribution in [2.75, 3.05) is 32.9 Å². The van der Waals surface area contributed by atoms with Crippen LogP contribution in [0.4, 0.5) is 0 Å². The monoisotopic (exact) mass is 332 g/mol. The van der Waals surface area contributed by atoms with Crippen molar-refractivity contribution in [1.82, 2.24) is 9.80 Å². The fourth-order valence-corrected chi connectivity index (χ4v) is 3.71. The molecule has 0 aromatic heterocycles.